The summed E-state index contributed by atoms with van der Waals surface area (Å²) in [5.74, 6) is 0.0457. The second-order valence-corrected chi connectivity index (χ2v) is 4.79. The summed E-state index contributed by atoms with van der Waals surface area (Å²) < 4.78 is 5.82. The zero-order chi connectivity index (χ0) is 14.1. The molecule has 4 heteroatoms. The van der Waals surface area contributed by atoms with E-state index in [0.717, 1.165) is 5.56 Å². The molecule has 102 valence electrons. The van der Waals surface area contributed by atoms with Gasteiger partial charge in [0.15, 0.2) is 5.78 Å². The first-order valence-corrected chi connectivity index (χ1v) is 6.40. The Kier molecular flexibility index (Phi) is 3.16. The molecule has 4 nitrogen and oxygen atoms in total. The number of Topliss-reactive ketones (excluding diaryl/α,β-unsaturated/α-hetero) is 1. The molecule has 1 heterocycles. The molecule has 1 aliphatic heterocycles. The highest BCUT2D eigenvalue weighted by Gasteiger charge is 2.30. The monoisotopic (exact) mass is 270 g/mol. The first-order valence-electron chi connectivity index (χ1n) is 6.40. The molecule has 1 atom stereocenters. The minimum atomic E-state index is -0.357. The van der Waals surface area contributed by atoms with Crippen molar-refractivity contribution in [3.8, 4) is 11.5 Å². The van der Waals surface area contributed by atoms with Crippen LogP contribution in [0.1, 0.15) is 34.0 Å². The third-order valence-corrected chi connectivity index (χ3v) is 3.41. The van der Waals surface area contributed by atoms with Gasteiger partial charge < -0.3 is 14.9 Å². The first-order chi connectivity index (χ1) is 9.69. The summed E-state index contributed by atoms with van der Waals surface area (Å²) in [6.45, 7) is -0.214. The molecule has 0 aromatic heterocycles. The number of rotatable bonds is 2. The summed E-state index contributed by atoms with van der Waals surface area (Å²) in [7, 11) is 0. The SMILES string of the molecule is O=C1CC(c2ccccc2)Oc2cc(CO)cc(O)c21. The van der Waals surface area contributed by atoms with E-state index in [-0.39, 0.29) is 36.2 Å². The van der Waals surface area contributed by atoms with Gasteiger partial charge in [0.05, 0.1) is 13.0 Å². The van der Waals surface area contributed by atoms with E-state index in [1.54, 1.807) is 6.07 Å². The maximum absolute atomic E-state index is 12.2. The Balaban J connectivity index is 2.02. The molecule has 2 aromatic carbocycles. The van der Waals surface area contributed by atoms with E-state index < -0.39 is 0 Å². The van der Waals surface area contributed by atoms with Crippen molar-refractivity contribution in [1.82, 2.24) is 0 Å². The van der Waals surface area contributed by atoms with Crippen molar-refractivity contribution >= 4 is 5.78 Å². The van der Waals surface area contributed by atoms with Crippen molar-refractivity contribution in [2.24, 2.45) is 0 Å². The van der Waals surface area contributed by atoms with Gasteiger partial charge in [-0.2, -0.15) is 0 Å². The Morgan fingerprint density at radius 1 is 1.20 bits per heavy atom. The Labute approximate surface area is 116 Å². The van der Waals surface area contributed by atoms with Crippen LogP contribution in [0.25, 0.3) is 0 Å². The molecule has 0 spiro atoms. The quantitative estimate of drug-likeness (QED) is 0.880. The fourth-order valence-corrected chi connectivity index (χ4v) is 2.44. The van der Waals surface area contributed by atoms with Crippen LogP contribution in [-0.4, -0.2) is 16.0 Å². The number of aliphatic hydroxyl groups excluding tert-OH is 1. The fraction of sp³-hybridized carbons (Fsp3) is 0.188. The summed E-state index contributed by atoms with van der Waals surface area (Å²) in [6, 6.07) is 12.5. The van der Waals surface area contributed by atoms with Crippen molar-refractivity contribution in [2.45, 2.75) is 19.1 Å². The molecule has 0 bridgehead atoms. The predicted octanol–water partition coefficient (Wildman–Crippen LogP) is 2.59. The smallest absolute Gasteiger partial charge is 0.174 e. The van der Waals surface area contributed by atoms with Crippen molar-refractivity contribution in [3.63, 3.8) is 0 Å². The van der Waals surface area contributed by atoms with Crippen molar-refractivity contribution < 1.29 is 19.7 Å². The van der Waals surface area contributed by atoms with Crippen LogP contribution in [-0.2, 0) is 6.61 Å². The summed E-state index contributed by atoms with van der Waals surface area (Å²) in [4.78, 5) is 12.2. The van der Waals surface area contributed by atoms with E-state index in [1.165, 1.54) is 6.07 Å². The minimum absolute atomic E-state index is 0.136. The second kappa shape index (κ2) is 4.98. The van der Waals surface area contributed by atoms with Crippen LogP contribution in [0.5, 0.6) is 11.5 Å². The van der Waals surface area contributed by atoms with Crippen LogP contribution < -0.4 is 4.74 Å². The standard InChI is InChI=1S/C16H14O4/c17-9-10-6-12(18)16-13(19)8-14(20-15(16)7-10)11-4-2-1-3-5-11/h1-7,14,17-18H,8-9H2. The molecular formula is C16H14O4. The van der Waals surface area contributed by atoms with Crippen LogP contribution in [0.4, 0.5) is 0 Å². The number of fused-ring (bicyclic) bond motifs is 1. The highest BCUT2D eigenvalue weighted by Crippen LogP contribution is 2.39. The molecule has 0 saturated heterocycles. The van der Waals surface area contributed by atoms with Crippen LogP contribution in [0, 0.1) is 0 Å². The van der Waals surface area contributed by atoms with E-state index in [9.17, 15) is 9.90 Å². The molecule has 20 heavy (non-hydrogen) atoms. The zero-order valence-electron chi connectivity index (χ0n) is 10.7. The van der Waals surface area contributed by atoms with Crippen LogP contribution in [0.15, 0.2) is 42.5 Å². The fourth-order valence-electron chi connectivity index (χ4n) is 2.44. The number of carbonyl (C=O) groups is 1. The van der Waals surface area contributed by atoms with E-state index in [0.29, 0.717) is 11.3 Å². The predicted molar refractivity (Wildman–Crippen MR) is 72.8 cm³/mol. The van der Waals surface area contributed by atoms with Gasteiger partial charge in [-0.15, -0.1) is 0 Å². The van der Waals surface area contributed by atoms with Gasteiger partial charge in [0, 0.05) is 0 Å². The average molecular weight is 270 g/mol. The summed E-state index contributed by atoms with van der Waals surface area (Å²) in [5.41, 5.74) is 1.64. The molecule has 0 fully saturated rings. The first kappa shape index (κ1) is 12.7. The molecule has 1 aliphatic rings. The van der Waals surface area contributed by atoms with Crippen molar-refractivity contribution in [3.05, 3.63) is 59.2 Å². The maximum Gasteiger partial charge on any atom is 0.174 e. The number of carbonyl (C=O) groups excluding carboxylic acids is 1. The number of hydrogen-bond donors (Lipinski definition) is 2. The highest BCUT2D eigenvalue weighted by atomic mass is 16.5. The Hall–Kier alpha value is -2.33. The number of benzene rings is 2. The topological polar surface area (TPSA) is 66.8 Å². The number of aliphatic hydroxyl groups is 1. The lowest BCUT2D eigenvalue weighted by molar-refractivity contribution is 0.0844. The number of hydrogen-bond acceptors (Lipinski definition) is 4. The number of phenols is 1. The molecule has 1 unspecified atom stereocenters. The van der Waals surface area contributed by atoms with Crippen LogP contribution >= 0.6 is 0 Å². The lowest BCUT2D eigenvalue weighted by Gasteiger charge is -2.26. The third kappa shape index (κ3) is 2.14. The Morgan fingerprint density at radius 2 is 1.95 bits per heavy atom. The number of phenolic OH excluding ortho intramolecular Hbond substituents is 1. The lowest BCUT2D eigenvalue weighted by atomic mass is 9.94. The van der Waals surface area contributed by atoms with E-state index >= 15 is 0 Å². The van der Waals surface area contributed by atoms with Gasteiger partial charge in [0.2, 0.25) is 0 Å². The molecule has 0 aliphatic carbocycles. The second-order valence-electron chi connectivity index (χ2n) is 4.79. The van der Waals surface area contributed by atoms with Crippen LogP contribution in [0.2, 0.25) is 0 Å². The average Bonchev–Trinajstić information content (AvgIpc) is 2.47. The Morgan fingerprint density at radius 3 is 2.65 bits per heavy atom. The van der Waals surface area contributed by atoms with E-state index in [2.05, 4.69) is 0 Å². The number of ether oxygens (including phenoxy) is 1. The minimum Gasteiger partial charge on any atom is -0.507 e. The third-order valence-electron chi connectivity index (χ3n) is 3.41. The molecule has 3 rings (SSSR count). The summed E-state index contributed by atoms with van der Waals surface area (Å²) in [6.07, 6.45) is -0.159. The van der Waals surface area contributed by atoms with Crippen molar-refractivity contribution in [2.75, 3.05) is 0 Å². The van der Waals surface area contributed by atoms with Gasteiger partial charge in [0.1, 0.15) is 23.2 Å². The van der Waals surface area contributed by atoms with Crippen molar-refractivity contribution in [1.29, 1.82) is 0 Å². The molecular weight excluding hydrogens is 256 g/mol. The molecule has 0 saturated carbocycles. The molecule has 0 amide bonds. The van der Waals surface area contributed by atoms with Gasteiger partial charge in [-0.25, -0.2) is 0 Å². The lowest BCUT2D eigenvalue weighted by Crippen LogP contribution is -2.20. The van der Waals surface area contributed by atoms with Gasteiger partial charge in [-0.1, -0.05) is 30.3 Å². The zero-order valence-corrected chi connectivity index (χ0v) is 10.7. The summed E-state index contributed by atoms with van der Waals surface area (Å²) >= 11 is 0. The van der Waals surface area contributed by atoms with E-state index in [1.807, 2.05) is 30.3 Å². The number of ketones is 1. The van der Waals surface area contributed by atoms with Gasteiger partial charge in [-0.05, 0) is 23.3 Å². The van der Waals surface area contributed by atoms with Crippen LogP contribution in [0.3, 0.4) is 0 Å². The Bertz CT molecular complexity index is 649. The molecule has 2 aromatic rings. The van der Waals surface area contributed by atoms with Gasteiger partial charge in [-0.3, -0.25) is 4.79 Å². The summed E-state index contributed by atoms with van der Waals surface area (Å²) in [5, 5.41) is 19.0. The van der Waals surface area contributed by atoms with Gasteiger partial charge >= 0.3 is 0 Å². The maximum atomic E-state index is 12.2. The van der Waals surface area contributed by atoms with E-state index in [4.69, 9.17) is 9.84 Å². The molecule has 2 N–H and O–H groups in total. The van der Waals surface area contributed by atoms with Gasteiger partial charge in [0.25, 0.3) is 0 Å². The highest BCUT2D eigenvalue weighted by molar-refractivity contribution is 6.02. The number of aromatic hydroxyl groups is 1. The largest absolute Gasteiger partial charge is 0.507 e. The normalized spacial score (nSPS) is 17.4. The molecule has 0 radical (unpaired) electrons.